The van der Waals surface area contributed by atoms with Crippen LogP contribution in [0, 0.1) is 5.92 Å². The van der Waals surface area contributed by atoms with Crippen LogP contribution in [0.4, 0.5) is 18.3 Å². The molecule has 10 heteroatoms. The average Bonchev–Trinajstić information content (AvgIpc) is 3.32. The highest BCUT2D eigenvalue weighted by Crippen LogP contribution is 2.50. The van der Waals surface area contributed by atoms with Crippen molar-refractivity contribution in [3.8, 4) is 17.0 Å². The number of hydrazone groups is 1. The standard InChI is InChI=1S/C19H13F3N4O2S/c20-19(21,22)18(27)13-9-28-15-6-2-1-5-12(15)16(13)25-26(18)17-24-14(10-29-17)11-4-3-7-23-8-11/h1-8,10,13,27H,9H2/t13-,18-/m0/s1. The zero-order chi connectivity index (χ0) is 20.2. The monoisotopic (exact) mass is 418 g/mol. The first kappa shape index (κ1) is 18.1. The van der Waals surface area contributed by atoms with Gasteiger partial charge in [-0.2, -0.15) is 23.3 Å². The molecule has 0 amide bonds. The summed E-state index contributed by atoms with van der Waals surface area (Å²) in [6.07, 6.45) is -1.83. The van der Waals surface area contributed by atoms with E-state index < -0.39 is 17.8 Å². The van der Waals surface area contributed by atoms with Crippen molar-refractivity contribution in [1.82, 2.24) is 9.97 Å². The summed E-state index contributed by atoms with van der Waals surface area (Å²) in [7, 11) is 0. The Labute approximate surface area is 166 Å². The summed E-state index contributed by atoms with van der Waals surface area (Å²) in [5.74, 6) is -0.966. The second-order valence-electron chi connectivity index (χ2n) is 6.64. The van der Waals surface area contributed by atoms with Crippen LogP contribution in [0.1, 0.15) is 5.56 Å². The lowest BCUT2D eigenvalue weighted by atomic mass is 9.86. The van der Waals surface area contributed by atoms with Gasteiger partial charge in [-0.1, -0.05) is 12.1 Å². The number of para-hydroxylation sites is 1. The van der Waals surface area contributed by atoms with Gasteiger partial charge in [-0.25, -0.2) is 4.98 Å². The molecular formula is C19H13F3N4O2S. The summed E-state index contributed by atoms with van der Waals surface area (Å²) in [4.78, 5) is 8.28. The Balaban J connectivity index is 1.63. The summed E-state index contributed by atoms with van der Waals surface area (Å²) in [5, 5.41) is 17.2. The van der Waals surface area contributed by atoms with Crippen molar-refractivity contribution in [3.63, 3.8) is 0 Å². The second kappa shape index (κ2) is 6.26. The lowest BCUT2D eigenvalue weighted by Gasteiger charge is -2.38. The van der Waals surface area contributed by atoms with E-state index in [9.17, 15) is 18.3 Å². The first-order valence-electron chi connectivity index (χ1n) is 8.65. The lowest BCUT2D eigenvalue weighted by Crippen LogP contribution is -2.61. The molecule has 5 rings (SSSR count). The number of alkyl halides is 3. The SMILES string of the molecule is O[C@]1(C(F)(F)F)[C@H]2COc3ccccc3C2=NN1c1nc(-c2cccnc2)cs1. The molecule has 2 atom stereocenters. The summed E-state index contributed by atoms with van der Waals surface area (Å²) in [6.45, 7) is -0.344. The number of hydrogen-bond acceptors (Lipinski definition) is 7. The number of halogens is 3. The molecule has 148 valence electrons. The number of nitrogens with zero attached hydrogens (tertiary/aromatic N) is 4. The minimum Gasteiger partial charge on any atom is -0.492 e. The highest BCUT2D eigenvalue weighted by Gasteiger charge is 2.69. The summed E-state index contributed by atoms with van der Waals surface area (Å²) in [5.41, 5.74) is -1.60. The van der Waals surface area contributed by atoms with Crippen molar-refractivity contribution < 1.29 is 23.0 Å². The fourth-order valence-electron chi connectivity index (χ4n) is 3.52. The number of aromatic nitrogens is 2. The lowest BCUT2D eigenvalue weighted by molar-refractivity contribution is -0.270. The maximum absolute atomic E-state index is 14.1. The molecule has 0 unspecified atom stereocenters. The van der Waals surface area contributed by atoms with Gasteiger partial charge in [0.1, 0.15) is 12.4 Å². The van der Waals surface area contributed by atoms with Crippen molar-refractivity contribution in [3.05, 3.63) is 59.7 Å². The minimum atomic E-state index is -4.99. The predicted molar refractivity (Wildman–Crippen MR) is 101 cm³/mol. The van der Waals surface area contributed by atoms with Crippen LogP contribution in [0.5, 0.6) is 5.75 Å². The fourth-order valence-corrected chi connectivity index (χ4v) is 4.36. The van der Waals surface area contributed by atoms with Crippen LogP contribution in [-0.4, -0.2) is 39.3 Å². The van der Waals surface area contributed by atoms with Crippen LogP contribution in [0.25, 0.3) is 11.3 Å². The Morgan fingerprint density at radius 3 is 2.79 bits per heavy atom. The van der Waals surface area contributed by atoms with Gasteiger partial charge in [-0.05, 0) is 24.3 Å². The molecule has 0 aliphatic carbocycles. The molecule has 2 aromatic heterocycles. The van der Waals surface area contributed by atoms with Crippen LogP contribution in [0.2, 0.25) is 0 Å². The zero-order valence-electron chi connectivity index (χ0n) is 14.7. The molecular weight excluding hydrogens is 405 g/mol. The van der Waals surface area contributed by atoms with E-state index in [1.807, 2.05) is 0 Å². The van der Waals surface area contributed by atoms with Crippen LogP contribution in [0.15, 0.2) is 59.3 Å². The molecule has 29 heavy (non-hydrogen) atoms. The first-order valence-corrected chi connectivity index (χ1v) is 9.53. The highest BCUT2D eigenvalue weighted by molar-refractivity contribution is 7.14. The average molecular weight is 418 g/mol. The van der Waals surface area contributed by atoms with Crippen molar-refractivity contribution in [1.29, 1.82) is 0 Å². The minimum absolute atomic E-state index is 0.0666. The van der Waals surface area contributed by atoms with Gasteiger partial charge in [0.2, 0.25) is 5.13 Å². The topological polar surface area (TPSA) is 70.8 Å². The number of aliphatic hydroxyl groups is 1. The molecule has 0 saturated heterocycles. The summed E-state index contributed by atoms with van der Waals surface area (Å²) >= 11 is 0.966. The van der Waals surface area contributed by atoms with E-state index >= 15 is 0 Å². The Morgan fingerprint density at radius 1 is 1.21 bits per heavy atom. The van der Waals surface area contributed by atoms with Crippen LogP contribution in [0.3, 0.4) is 0 Å². The van der Waals surface area contributed by atoms with Crippen LogP contribution >= 0.6 is 11.3 Å². The Hall–Kier alpha value is -2.98. The van der Waals surface area contributed by atoms with Crippen molar-refractivity contribution in [2.45, 2.75) is 11.9 Å². The van der Waals surface area contributed by atoms with Gasteiger partial charge in [0.05, 0.1) is 17.3 Å². The number of ether oxygens (including phenoxy) is 1. The van der Waals surface area contributed by atoms with E-state index in [0.29, 0.717) is 27.6 Å². The van der Waals surface area contributed by atoms with Gasteiger partial charge in [0.25, 0.3) is 5.72 Å². The number of fused-ring (bicyclic) bond motifs is 3. The van der Waals surface area contributed by atoms with E-state index in [4.69, 9.17) is 4.74 Å². The number of hydrogen-bond donors (Lipinski definition) is 1. The molecule has 0 radical (unpaired) electrons. The molecule has 2 aliphatic heterocycles. The van der Waals surface area contributed by atoms with Gasteiger partial charge in [-0.3, -0.25) is 4.98 Å². The maximum atomic E-state index is 14.1. The molecule has 0 saturated carbocycles. The smallest absolute Gasteiger partial charge is 0.439 e. The van der Waals surface area contributed by atoms with Crippen molar-refractivity contribution >= 4 is 22.2 Å². The normalized spacial score (nSPS) is 23.2. The third-order valence-corrected chi connectivity index (χ3v) is 5.78. The first-order chi connectivity index (χ1) is 13.9. The maximum Gasteiger partial charge on any atom is 0.439 e. The van der Waals surface area contributed by atoms with E-state index in [2.05, 4.69) is 15.1 Å². The van der Waals surface area contributed by atoms with Gasteiger partial charge in [0, 0.05) is 28.9 Å². The highest BCUT2D eigenvalue weighted by atomic mass is 32.1. The Morgan fingerprint density at radius 2 is 2.03 bits per heavy atom. The summed E-state index contributed by atoms with van der Waals surface area (Å²) in [6, 6.07) is 10.2. The van der Waals surface area contributed by atoms with E-state index in [-0.39, 0.29) is 17.5 Å². The summed E-state index contributed by atoms with van der Waals surface area (Å²) < 4.78 is 47.8. The van der Waals surface area contributed by atoms with Gasteiger partial charge in [0.15, 0.2) is 0 Å². The quantitative estimate of drug-likeness (QED) is 0.688. The molecule has 2 aliphatic rings. The number of pyridine rings is 1. The molecule has 6 nitrogen and oxygen atoms in total. The van der Waals surface area contributed by atoms with Gasteiger partial charge in [-0.15, -0.1) is 11.3 Å². The molecule has 0 spiro atoms. The van der Waals surface area contributed by atoms with Crippen LogP contribution in [-0.2, 0) is 0 Å². The third kappa shape index (κ3) is 2.63. The van der Waals surface area contributed by atoms with Gasteiger partial charge >= 0.3 is 6.18 Å². The molecule has 1 N–H and O–H groups in total. The second-order valence-corrected chi connectivity index (χ2v) is 7.47. The number of rotatable bonds is 2. The predicted octanol–water partition coefficient (Wildman–Crippen LogP) is 3.69. The number of benzene rings is 1. The fraction of sp³-hybridized carbons (Fsp3) is 0.211. The number of anilines is 1. The third-order valence-electron chi connectivity index (χ3n) is 4.96. The Kier molecular flexibility index (Phi) is 3.90. The van der Waals surface area contributed by atoms with Crippen molar-refractivity contribution in [2.24, 2.45) is 11.0 Å². The van der Waals surface area contributed by atoms with E-state index in [1.54, 1.807) is 54.2 Å². The largest absolute Gasteiger partial charge is 0.492 e. The molecule has 4 heterocycles. The van der Waals surface area contributed by atoms with E-state index in [0.717, 1.165) is 11.3 Å². The van der Waals surface area contributed by atoms with Gasteiger partial charge < -0.3 is 9.84 Å². The zero-order valence-corrected chi connectivity index (χ0v) is 15.5. The molecule has 0 bridgehead atoms. The molecule has 3 aromatic rings. The van der Waals surface area contributed by atoms with Crippen molar-refractivity contribution in [2.75, 3.05) is 11.6 Å². The molecule has 1 aromatic carbocycles. The Bertz CT molecular complexity index is 1100. The molecule has 0 fully saturated rings. The van der Waals surface area contributed by atoms with Crippen LogP contribution < -0.4 is 9.75 Å². The number of thiazole rings is 1. The van der Waals surface area contributed by atoms with E-state index in [1.165, 1.54) is 0 Å².